The summed E-state index contributed by atoms with van der Waals surface area (Å²) in [6.45, 7) is 5.32. The molecule has 0 spiro atoms. The Labute approximate surface area is 101 Å². The van der Waals surface area contributed by atoms with E-state index in [0.717, 1.165) is 25.1 Å². The Morgan fingerprint density at radius 3 is 3.18 bits per heavy atom. The molecule has 1 aromatic heterocycles. The van der Waals surface area contributed by atoms with Crippen LogP contribution in [0.25, 0.3) is 0 Å². The van der Waals surface area contributed by atoms with Crippen LogP contribution in [0.5, 0.6) is 0 Å². The molecule has 1 fully saturated rings. The number of hydrogen-bond acceptors (Lipinski definition) is 4. The topological polar surface area (TPSA) is 67.2 Å². The summed E-state index contributed by atoms with van der Waals surface area (Å²) >= 11 is 0. The molecule has 0 saturated carbocycles. The monoisotopic (exact) mass is 237 g/mol. The molecule has 0 aromatic carbocycles. The lowest BCUT2D eigenvalue weighted by Gasteiger charge is -2.26. The Hall–Kier alpha value is -1.36. The molecule has 1 aromatic rings. The molecule has 0 aliphatic carbocycles. The van der Waals surface area contributed by atoms with Crippen molar-refractivity contribution in [1.29, 1.82) is 0 Å². The van der Waals surface area contributed by atoms with Gasteiger partial charge in [0.1, 0.15) is 0 Å². The summed E-state index contributed by atoms with van der Waals surface area (Å²) in [7, 11) is 0. The van der Waals surface area contributed by atoms with E-state index in [1.807, 2.05) is 13.0 Å². The third-order valence-electron chi connectivity index (χ3n) is 3.11. The fraction of sp³-hybridized carbons (Fsp3) is 0.667. The maximum atomic E-state index is 11.9. The largest absolute Gasteiger partial charge is 0.359 e. The van der Waals surface area contributed by atoms with E-state index in [9.17, 15) is 4.79 Å². The van der Waals surface area contributed by atoms with E-state index in [1.165, 1.54) is 0 Å². The summed E-state index contributed by atoms with van der Waals surface area (Å²) < 4.78 is 5.05. The van der Waals surface area contributed by atoms with Crippen molar-refractivity contribution >= 4 is 5.91 Å². The average molecular weight is 237 g/mol. The average Bonchev–Trinajstić information content (AvgIpc) is 2.72. The normalized spacial score (nSPS) is 24.6. The Kier molecular flexibility index (Phi) is 3.78. The van der Waals surface area contributed by atoms with Crippen LogP contribution in [0.15, 0.2) is 10.6 Å². The first-order valence-corrected chi connectivity index (χ1v) is 6.08. The number of carbonyl (C=O) groups excluding carboxylic acids is 1. The Balaban J connectivity index is 1.80. The summed E-state index contributed by atoms with van der Waals surface area (Å²) in [5.41, 5.74) is 0.838. The zero-order valence-electron chi connectivity index (χ0n) is 10.3. The number of nitrogens with one attached hydrogen (secondary N) is 2. The van der Waals surface area contributed by atoms with Crippen molar-refractivity contribution in [3.05, 3.63) is 17.5 Å². The van der Waals surface area contributed by atoms with Gasteiger partial charge in [0.25, 0.3) is 0 Å². The van der Waals surface area contributed by atoms with Crippen LogP contribution in [-0.4, -0.2) is 23.7 Å². The fourth-order valence-corrected chi connectivity index (χ4v) is 2.19. The molecule has 2 heterocycles. The molecule has 17 heavy (non-hydrogen) atoms. The second-order valence-corrected chi connectivity index (χ2v) is 4.73. The van der Waals surface area contributed by atoms with Crippen LogP contribution in [0.3, 0.4) is 0 Å². The first-order valence-electron chi connectivity index (χ1n) is 6.08. The predicted octanol–water partition coefficient (Wildman–Crippen LogP) is 0.987. The molecule has 1 amide bonds. The number of aryl methyl sites for hydroxylation is 1. The zero-order valence-corrected chi connectivity index (χ0v) is 10.3. The maximum Gasteiger partial charge on any atom is 0.223 e. The van der Waals surface area contributed by atoms with Gasteiger partial charge in [-0.25, -0.2) is 0 Å². The van der Waals surface area contributed by atoms with Gasteiger partial charge in [0.2, 0.25) is 5.91 Å². The molecule has 1 aliphatic heterocycles. The minimum absolute atomic E-state index is 0.118. The van der Waals surface area contributed by atoms with E-state index >= 15 is 0 Å². The van der Waals surface area contributed by atoms with Crippen LogP contribution in [0, 0.1) is 12.8 Å². The molecule has 2 rings (SSSR count). The molecule has 1 saturated heterocycles. The van der Waals surface area contributed by atoms with Gasteiger partial charge >= 0.3 is 0 Å². The van der Waals surface area contributed by atoms with Gasteiger partial charge in [-0.2, -0.15) is 0 Å². The molecule has 2 atom stereocenters. The number of rotatable bonds is 3. The number of nitrogens with zero attached hydrogens (tertiary/aromatic N) is 1. The van der Waals surface area contributed by atoms with Gasteiger partial charge in [0, 0.05) is 18.0 Å². The van der Waals surface area contributed by atoms with Gasteiger partial charge in [-0.3, -0.25) is 4.79 Å². The van der Waals surface area contributed by atoms with E-state index in [-0.39, 0.29) is 11.8 Å². The quantitative estimate of drug-likeness (QED) is 0.822. The Morgan fingerprint density at radius 1 is 1.71 bits per heavy atom. The Bertz CT molecular complexity index is 389. The summed E-state index contributed by atoms with van der Waals surface area (Å²) in [4.78, 5) is 11.9. The SMILES string of the molecule is Cc1cc(CNC(=O)C2CCNC(C)C2)on1. The standard InChI is InChI=1S/C12H19N3O2/c1-8-5-10(3-4-13-8)12(16)14-7-11-6-9(2)15-17-11/h6,8,10,13H,3-5,7H2,1-2H3,(H,14,16). The third-order valence-corrected chi connectivity index (χ3v) is 3.11. The second kappa shape index (κ2) is 5.31. The van der Waals surface area contributed by atoms with Crippen molar-refractivity contribution < 1.29 is 9.32 Å². The lowest BCUT2D eigenvalue weighted by atomic mass is 9.92. The van der Waals surface area contributed by atoms with Gasteiger partial charge in [-0.05, 0) is 33.2 Å². The van der Waals surface area contributed by atoms with E-state index in [0.29, 0.717) is 18.3 Å². The second-order valence-electron chi connectivity index (χ2n) is 4.73. The predicted molar refractivity (Wildman–Crippen MR) is 63.3 cm³/mol. The van der Waals surface area contributed by atoms with Gasteiger partial charge in [0.15, 0.2) is 5.76 Å². The van der Waals surface area contributed by atoms with E-state index in [4.69, 9.17) is 4.52 Å². The summed E-state index contributed by atoms with van der Waals surface area (Å²) in [6.07, 6.45) is 1.81. The molecule has 1 aliphatic rings. The minimum atomic E-state index is 0.118. The number of aromatic nitrogens is 1. The highest BCUT2D eigenvalue weighted by Crippen LogP contribution is 2.16. The summed E-state index contributed by atoms with van der Waals surface area (Å²) in [5, 5.41) is 10.0. The third kappa shape index (κ3) is 3.30. The van der Waals surface area contributed by atoms with Crippen LogP contribution in [0.1, 0.15) is 31.2 Å². The van der Waals surface area contributed by atoms with Crippen molar-refractivity contribution in [1.82, 2.24) is 15.8 Å². The van der Waals surface area contributed by atoms with Crippen LogP contribution in [0.2, 0.25) is 0 Å². The van der Waals surface area contributed by atoms with Crippen LogP contribution >= 0.6 is 0 Å². The molecule has 5 nitrogen and oxygen atoms in total. The van der Waals surface area contributed by atoms with Gasteiger partial charge < -0.3 is 15.2 Å². The van der Waals surface area contributed by atoms with Gasteiger partial charge in [0.05, 0.1) is 12.2 Å². The molecule has 94 valence electrons. The highest BCUT2D eigenvalue weighted by atomic mass is 16.5. The molecule has 0 bridgehead atoms. The van der Waals surface area contributed by atoms with Crippen LogP contribution in [-0.2, 0) is 11.3 Å². The van der Waals surface area contributed by atoms with Crippen LogP contribution in [0.4, 0.5) is 0 Å². The number of carbonyl (C=O) groups is 1. The lowest BCUT2D eigenvalue weighted by Crippen LogP contribution is -2.42. The van der Waals surface area contributed by atoms with E-state index < -0.39 is 0 Å². The van der Waals surface area contributed by atoms with Gasteiger partial charge in [-0.15, -0.1) is 0 Å². The number of amides is 1. The van der Waals surface area contributed by atoms with Crippen molar-refractivity contribution in [2.45, 2.75) is 39.3 Å². The molecule has 0 radical (unpaired) electrons. The molecule has 5 heteroatoms. The van der Waals surface area contributed by atoms with E-state index in [1.54, 1.807) is 0 Å². The highest BCUT2D eigenvalue weighted by molar-refractivity contribution is 5.78. The van der Waals surface area contributed by atoms with Crippen molar-refractivity contribution in [3.8, 4) is 0 Å². The minimum Gasteiger partial charge on any atom is -0.359 e. The van der Waals surface area contributed by atoms with Crippen molar-refractivity contribution in [3.63, 3.8) is 0 Å². The summed E-state index contributed by atoms with van der Waals surface area (Å²) in [5.74, 6) is 0.945. The lowest BCUT2D eigenvalue weighted by molar-refractivity contribution is -0.126. The first-order chi connectivity index (χ1) is 8.15. The summed E-state index contributed by atoms with van der Waals surface area (Å²) in [6, 6.07) is 2.26. The van der Waals surface area contributed by atoms with Crippen molar-refractivity contribution in [2.24, 2.45) is 5.92 Å². The molecule has 2 unspecified atom stereocenters. The Morgan fingerprint density at radius 2 is 2.53 bits per heavy atom. The maximum absolute atomic E-state index is 11.9. The van der Waals surface area contributed by atoms with Crippen LogP contribution < -0.4 is 10.6 Å². The van der Waals surface area contributed by atoms with E-state index in [2.05, 4.69) is 22.7 Å². The first kappa shape index (κ1) is 12.1. The number of piperidine rings is 1. The van der Waals surface area contributed by atoms with Crippen molar-refractivity contribution in [2.75, 3.05) is 6.54 Å². The molecule has 2 N–H and O–H groups in total. The fourth-order valence-electron chi connectivity index (χ4n) is 2.19. The number of hydrogen-bond donors (Lipinski definition) is 2. The smallest absolute Gasteiger partial charge is 0.223 e. The molecular formula is C12H19N3O2. The molecular weight excluding hydrogens is 218 g/mol. The highest BCUT2D eigenvalue weighted by Gasteiger charge is 2.24. The van der Waals surface area contributed by atoms with Gasteiger partial charge in [-0.1, -0.05) is 5.16 Å². The zero-order chi connectivity index (χ0) is 12.3.